The summed E-state index contributed by atoms with van der Waals surface area (Å²) >= 11 is 0. The van der Waals surface area contributed by atoms with Crippen molar-refractivity contribution in [1.82, 2.24) is 5.32 Å². The second kappa shape index (κ2) is 3.62. The summed E-state index contributed by atoms with van der Waals surface area (Å²) in [6, 6.07) is 6.78. The lowest BCUT2D eigenvalue weighted by molar-refractivity contribution is 0.409. The van der Waals surface area contributed by atoms with Gasteiger partial charge in [-0.05, 0) is 17.5 Å². The van der Waals surface area contributed by atoms with E-state index < -0.39 is 0 Å². The fraction of sp³-hybridized carbons (Fsp3) is 0.500. The fourth-order valence-corrected chi connectivity index (χ4v) is 2.17. The number of ether oxygens (including phenoxy) is 1. The van der Waals surface area contributed by atoms with Gasteiger partial charge in [0.15, 0.2) is 0 Å². The number of nitrogens with one attached hydrogen (secondary N) is 1. The summed E-state index contributed by atoms with van der Waals surface area (Å²) in [5.74, 6) is 1.64. The molecule has 0 radical (unpaired) electrons. The highest BCUT2D eigenvalue weighted by atomic mass is 16.5. The Balaban J connectivity index is 2.41. The van der Waals surface area contributed by atoms with Gasteiger partial charge in [-0.15, -0.1) is 0 Å². The molecule has 1 aromatic carbocycles. The van der Waals surface area contributed by atoms with Crippen molar-refractivity contribution in [3.63, 3.8) is 0 Å². The fourth-order valence-electron chi connectivity index (χ4n) is 2.17. The van der Waals surface area contributed by atoms with Crippen molar-refractivity contribution in [2.24, 2.45) is 5.92 Å². The van der Waals surface area contributed by atoms with Gasteiger partial charge in [0.1, 0.15) is 5.75 Å². The number of fused-ring (bicyclic) bond motifs is 1. The molecule has 0 saturated heterocycles. The van der Waals surface area contributed by atoms with Crippen LogP contribution >= 0.6 is 0 Å². The van der Waals surface area contributed by atoms with Gasteiger partial charge in [-0.2, -0.15) is 0 Å². The van der Waals surface area contributed by atoms with Crippen molar-refractivity contribution in [3.8, 4) is 5.75 Å². The van der Waals surface area contributed by atoms with Gasteiger partial charge in [0.05, 0.1) is 7.11 Å². The Morgan fingerprint density at radius 1 is 1.43 bits per heavy atom. The van der Waals surface area contributed by atoms with Crippen LogP contribution in [0.5, 0.6) is 5.75 Å². The molecule has 0 aliphatic carbocycles. The highest BCUT2D eigenvalue weighted by Gasteiger charge is 2.26. The van der Waals surface area contributed by atoms with E-state index in [0.29, 0.717) is 12.0 Å². The minimum Gasteiger partial charge on any atom is -0.496 e. The lowest BCUT2D eigenvalue weighted by Crippen LogP contribution is -2.17. The van der Waals surface area contributed by atoms with Crippen molar-refractivity contribution < 1.29 is 4.74 Å². The number of rotatable bonds is 2. The van der Waals surface area contributed by atoms with E-state index in [1.807, 2.05) is 6.07 Å². The maximum absolute atomic E-state index is 5.35. The molecule has 0 spiro atoms. The van der Waals surface area contributed by atoms with Crippen molar-refractivity contribution in [1.29, 1.82) is 0 Å². The number of hydrogen-bond donors (Lipinski definition) is 1. The van der Waals surface area contributed by atoms with E-state index in [4.69, 9.17) is 4.74 Å². The van der Waals surface area contributed by atoms with E-state index in [9.17, 15) is 0 Å². The number of benzene rings is 1. The van der Waals surface area contributed by atoms with E-state index in [2.05, 4.69) is 31.3 Å². The molecule has 0 bridgehead atoms. The molecule has 1 aliphatic heterocycles. The molecule has 0 saturated carbocycles. The summed E-state index contributed by atoms with van der Waals surface area (Å²) in [5, 5.41) is 3.52. The highest BCUT2D eigenvalue weighted by molar-refractivity contribution is 5.44. The van der Waals surface area contributed by atoms with Crippen LogP contribution in [0.25, 0.3) is 0 Å². The Labute approximate surface area is 85.3 Å². The highest BCUT2D eigenvalue weighted by Crippen LogP contribution is 2.35. The molecule has 0 fully saturated rings. The van der Waals surface area contributed by atoms with Crippen molar-refractivity contribution in [2.75, 3.05) is 7.11 Å². The topological polar surface area (TPSA) is 21.3 Å². The van der Waals surface area contributed by atoms with E-state index >= 15 is 0 Å². The minimum atomic E-state index is 0.486. The predicted molar refractivity (Wildman–Crippen MR) is 57.4 cm³/mol. The van der Waals surface area contributed by atoms with E-state index in [1.54, 1.807) is 7.11 Å². The second-order valence-corrected chi connectivity index (χ2v) is 4.13. The molecular weight excluding hydrogens is 174 g/mol. The zero-order chi connectivity index (χ0) is 10.1. The average molecular weight is 191 g/mol. The third-order valence-corrected chi connectivity index (χ3v) is 2.89. The van der Waals surface area contributed by atoms with Crippen LogP contribution in [0.15, 0.2) is 18.2 Å². The first kappa shape index (κ1) is 9.53. The first-order valence-electron chi connectivity index (χ1n) is 5.13. The third kappa shape index (κ3) is 1.40. The number of methoxy groups -OCH3 is 1. The summed E-state index contributed by atoms with van der Waals surface area (Å²) in [6.45, 7) is 5.42. The molecule has 1 aliphatic rings. The van der Waals surface area contributed by atoms with Gasteiger partial charge < -0.3 is 10.1 Å². The average Bonchev–Trinajstić information content (AvgIpc) is 2.60. The van der Waals surface area contributed by atoms with Gasteiger partial charge in [0.2, 0.25) is 0 Å². The van der Waals surface area contributed by atoms with Crippen LogP contribution in [0.2, 0.25) is 0 Å². The SMILES string of the molecule is COc1cccc2c1CNC2C(C)C. The quantitative estimate of drug-likeness (QED) is 0.775. The first-order chi connectivity index (χ1) is 6.74. The molecule has 14 heavy (non-hydrogen) atoms. The van der Waals surface area contributed by atoms with Gasteiger partial charge in [-0.25, -0.2) is 0 Å². The number of hydrogen-bond acceptors (Lipinski definition) is 2. The largest absolute Gasteiger partial charge is 0.496 e. The zero-order valence-electron chi connectivity index (χ0n) is 9.00. The Morgan fingerprint density at radius 2 is 2.21 bits per heavy atom. The lowest BCUT2D eigenvalue weighted by atomic mass is 9.96. The molecule has 2 heteroatoms. The van der Waals surface area contributed by atoms with E-state index in [0.717, 1.165) is 12.3 Å². The molecule has 1 aromatic rings. The molecule has 1 atom stereocenters. The molecule has 2 rings (SSSR count). The summed E-state index contributed by atoms with van der Waals surface area (Å²) in [7, 11) is 1.73. The summed E-state index contributed by atoms with van der Waals surface area (Å²) in [6.07, 6.45) is 0. The van der Waals surface area contributed by atoms with Crippen LogP contribution in [0, 0.1) is 5.92 Å². The Morgan fingerprint density at radius 3 is 2.86 bits per heavy atom. The standard InChI is InChI=1S/C12H17NO/c1-8(2)12-9-5-4-6-11(14-3)10(9)7-13-12/h4-6,8,12-13H,7H2,1-3H3. The zero-order valence-corrected chi connectivity index (χ0v) is 9.00. The summed E-state index contributed by atoms with van der Waals surface area (Å²) in [4.78, 5) is 0. The molecule has 0 aromatic heterocycles. The monoisotopic (exact) mass is 191 g/mol. The van der Waals surface area contributed by atoms with Crippen LogP contribution in [0.4, 0.5) is 0 Å². The van der Waals surface area contributed by atoms with Crippen LogP contribution < -0.4 is 10.1 Å². The lowest BCUT2D eigenvalue weighted by Gasteiger charge is -2.16. The van der Waals surface area contributed by atoms with Crippen LogP contribution in [0.1, 0.15) is 31.0 Å². The molecule has 1 unspecified atom stereocenters. The Kier molecular flexibility index (Phi) is 2.46. The minimum absolute atomic E-state index is 0.486. The van der Waals surface area contributed by atoms with Crippen molar-refractivity contribution in [2.45, 2.75) is 26.4 Å². The molecule has 2 nitrogen and oxygen atoms in total. The van der Waals surface area contributed by atoms with Gasteiger partial charge in [-0.1, -0.05) is 26.0 Å². The van der Waals surface area contributed by atoms with Crippen LogP contribution in [-0.2, 0) is 6.54 Å². The predicted octanol–water partition coefficient (Wildman–Crippen LogP) is 2.50. The maximum atomic E-state index is 5.35. The van der Waals surface area contributed by atoms with Crippen LogP contribution in [0.3, 0.4) is 0 Å². The van der Waals surface area contributed by atoms with E-state index in [-0.39, 0.29) is 0 Å². The van der Waals surface area contributed by atoms with Gasteiger partial charge in [-0.3, -0.25) is 0 Å². The normalized spacial score (nSPS) is 19.9. The molecular formula is C12H17NO. The molecule has 1 N–H and O–H groups in total. The van der Waals surface area contributed by atoms with Crippen molar-refractivity contribution in [3.05, 3.63) is 29.3 Å². The van der Waals surface area contributed by atoms with Gasteiger partial charge in [0.25, 0.3) is 0 Å². The molecule has 76 valence electrons. The first-order valence-corrected chi connectivity index (χ1v) is 5.13. The smallest absolute Gasteiger partial charge is 0.123 e. The van der Waals surface area contributed by atoms with Crippen LogP contribution in [-0.4, -0.2) is 7.11 Å². The Bertz CT molecular complexity index is 333. The van der Waals surface area contributed by atoms with Crippen molar-refractivity contribution >= 4 is 0 Å². The molecule has 1 heterocycles. The summed E-state index contributed by atoms with van der Waals surface area (Å²) in [5.41, 5.74) is 2.73. The van der Waals surface area contributed by atoms with Gasteiger partial charge in [0, 0.05) is 18.2 Å². The Hall–Kier alpha value is -1.02. The third-order valence-electron chi connectivity index (χ3n) is 2.89. The maximum Gasteiger partial charge on any atom is 0.123 e. The summed E-state index contributed by atoms with van der Waals surface area (Å²) < 4.78 is 5.35. The second-order valence-electron chi connectivity index (χ2n) is 4.13. The van der Waals surface area contributed by atoms with Gasteiger partial charge >= 0.3 is 0 Å². The molecule has 0 amide bonds. The van der Waals surface area contributed by atoms with E-state index in [1.165, 1.54) is 11.1 Å².